The molecule has 3 aliphatic heterocycles. The molecule has 6 rings (SSSR count). The fourth-order valence-corrected chi connectivity index (χ4v) is 6.71. The molecule has 0 unspecified atom stereocenters. The highest BCUT2D eigenvalue weighted by molar-refractivity contribution is 5.99. The number of piperidine rings is 1. The molecular weight excluding hydrogens is 581 g/mol. The Morgan fingerprint density at radius 3 is 2.80 bits per heavy atom. The number of fused-ring (bicyclic) bond motifs is 3. The molecule has 45 heavy (non-hydrogen) atoms. The summed E-state index contributed by atoms with van der Waals surface area (Å²) < 4.78 is 26.3. The summed E-state index contributed by atoms with van der Waals surface area (Å²) in [6, 6.07) is 8.26. The SMILES string of the molecule is COC[C@@H]1CCCN1C(=O)C[C@@H]1CCN2C[C@@H]1CCOc1ncccc1C(=O)N[C@H](Cc1cn(-c3ccc(F)cc3)nn1)C2=O. The number of hydrogen-bond donors (Lipinski definition) is 1. The predicted molar refractivity (Wildman–Crippen MR) is 160 cm³/mol. The zero-order valence-corrected chi connectivity index (χ0v) is 25.3. The van der Waals surface area contributed by atoms with Crippen LogP contribution in [0.3, 0.4) is 0 Å². The monoisotopic (exact) mass is 619 g/mol. The van der Waals surface area contributed by atoms with E-state index in [2.05, 4.69) is 20.6 Å². The number of carbonyl (C=O) groups excluding carboxylic acids is 3. The molecule has 3 aliphatic rings. The van der Waals surface area contributed by atoms with Crippen LogP contribution in [0, 0.1) is 17.7 Å². The molecule has 4 atom stereocenters. The van der Waals surface area contributed by atoms with Gasteiger partial charge in [-0.25, -0.2) is 14.1 Å². The molecule has 13 heteroatoms. The molecule has 238 valence electrons. The zero-order chi connectivity index (χ0) is 31.3. The van der Waals surface area contributed by atoms with Crippen LogP contribution in [-0.4, -0.2) is 99.5 Å². The number of likely N-dealkylation sites (tertiary alicyclic amines) is 1. The second kappa shape index (κ2) is 13.7. The van der Waals surface area contributed by atoms with Gasteiger partial charge in [0.15, 0.2) is 0 Å². The van der Waals surface area contributed by atoms with Gasteiger partial charge in [0.1, 0.15) is 17.4 Å². The van der Waals surface area contributed by atoms with Crippen molar-refractivity contribution in [2.75, 3.05) is 40.0 Å². The molecular formula is C32H38FN7O5. The van der Waals surface area contributed by atoms with Crippen molar-refractivity contribution in [1.29, 1.82) is 0 Å². The summed E-state index contributed by atoms with van der Waals surface area (Å²) >= 11 is 0. The molecule has 1 N–H and O–H groups in total. The first-order chi connectivity index (χ1) is 21.9. The second-order valence-corrected chi connectivity index (χ2v) is 12.0. The number of rotatable bonds is 7. The van der Waals surface area contributed by atoms with Gasteiger partial charge in [0, 0.05) is 45.8 Å². The maximum Gasteiger partial charge on any atom is 0.257 e. The lowest BCUT2D eigenvalue weighted by Crippen LogP contribution is -2.54. The van der Waals surface area contributed by atoms with E-state index in [0.29, 0.717) is 56.9 Å². The fourth-order valence-electron chi connectivity index (χ4n) is 6.71. The third kappa shape index (κ3) is 6.98. The van der Waals surface area contributed by atoms with Crippen molar-refractivity contribution in [2.24, 2.45) is 11.8 Å². The molecule has 12 nitrogen and oxygen atoms in total. The summed E-state index contributed by atoms with van der Waals surface area (Å²) in [6.07, 6.45) is 6.93. The average Bonchev–Trinajstić information content (AvgIpc) is 3.71. The van der Waals surface area contributed by atoms with Gasteiger partial charge in [-0.1, -0.05) is 5.21 Å². The highest BCUT2D eigenvalue weighted by Gasteiger charge is 2.38. The van der Waals surface area contributed by atoms with E-state index in [-0.39, 0.29) is 53.4 Å². The number of carbonyl (C=O) groups is 3. The number of ether oxygens (including phenoxy) is 2. The molecule has 3 aromatic rings. The average molecular weight is 620 g/mol. The lowest BCUT2D eigenvalue weighted by molar-refractivity contribution is -0.138. The number of aromatic nitrogens is 4. The summed E-state index contributed by atoms with van der Waals surface area (Å²) in [7, 11) is 1.66. The summed E-state index contributed by atoms with van der Waals surface area (Å²) in [5.74, 6) is -0.618. The Labute approximate surface area is 260 Å². The first kappa shape index (κ1) is 30.6. The normalized spacial score (nSPS) is 23.9. The van der Waals surface area contributed by atoms with Crippen LogP contribution in [0.4, 0.5) is 4.39 Å². The maximum absolute atomic E-state index is 14.1. The van der Waals surface area contributed by atoms with Gasteiger partial charge in [0.25, 0.3) is 5.91 Å². The summed E-state index contributed by atoms with van der Waals surface area (Å²) in [5, 5.41) is 11.3. The Balaban J connectivity index is 1.23. The van der Waals surface area contributed by atoms with Crippen LogP contribution in [-0.2, 0) is 20.7 Å². The van der Waals surface area contributed by atoms with Crippen LogP contribution < -0.4 is 10.1 Å². The lowest BCUT2D eigenvalue weighted by atomic mass is 9.80. The summed E-state index contributed by atoms with van der Waals surface area (Å²) in [5.41, 5.74) is 1.33. The maximum atomic E-state index is 14.1. The third-order valence-electron chi connectivity index (χ3n) is 9.09. The number of benzene rings is 1. The van der Waals surface area contributed by atoms with E-state index >= 15 is 0 Å². The van der Waals surface area contributed by atoms with Gasteiger partial charge < -0.3 is 24.6 Å². The zero-order valence-electron chi connectivity index (χ0n) is 25.3. The Morgan fingerprint density at radius 2 is 1.98 bits per heavy atom. The number of methoxy groups -OCH3 is 1. The number of hydrogen-bond acceptors (Lipinski definition) is 8. The first-order valence-electron chi connectivity index (χ1n) is 15.5. The highest BCUT2D eigenvalue weighted by atomic mass is 19.1. The van der Waals surface area contributed by atoms with Crippen molar-refractivity contribution in [1.82, 2.24) is 35.1 Å². The largest absolute Gasteiger partial charge is 0.477 e. The van der Waals surface area contributed by atoms with E-state index in [0.717, 1.165) is 19.4 Å². The van der Waals surface area contributed by atoms with Gasteiger partial charge in [0.05, 0.1) is 36.8 Å². The number of nitrogens with one attached hydrogen (secondary N) is 1. The van der Waals surface area contributed by atoms with Gasteiger partial charge in [-0.3, -0.25) is 14.4 Å². The van der Waals surface area contributed by atoms with Gasteiger partial charge >= 0.3 is 0 Å². The molecule has 2 bridgehead atoms. The van der Waals surface area contributed by atoms with E-state index < -0.39 is 11.9 Å². The van der Waals surface area contributed by atoms with Crippen LogP contribution in [0.2, 0.25) is 0 Å². The molecule has 3 amide bonds. The predicted octanol–water partition coefficient (Wildman–Crippen LogP) is 2.42. The number of pyridine rings is 1. The van der Waals surface area contributed by atoms with E-state index in [9.17, 15) is 18.8 Å². The first-order valence-corrected chi connectivity index (χ1v) is 15.5. The Kier molecular flexibility index (Phi) is 9.34. The lowest BCUT2D eigenvalue weighted by Gasteiger charge is -2.40. The van der Waals surface area contributed by atoms with E-state index in [1.165, 1.54) is 16.8 Å². The standard InChI is InChI=1S/C32H38FN7O5/c1-44-20-26-4-3-13-39(26)29(41)16-21-10-14-38-18-22(21)11-15-45-31-27(5-2-12-34-31)30(42)35-28(32(38)43)17-24-19-40(37-36-24)25-8-6-23(33)7-9-25/h2,5-9,12,19,21-22,26,28H,3-4,10-11,13-18,20H2,1H3,(H,35,42)/t21-,22-,26-,28+/m0/s1. The summed E-state index contributed by atoms with van der Waals surface area (Å²) in [6.45, 7) is 2.51. The van der Waals surface area contributed by atoms with Crippen molar-refractivity contribution >= 4 is 17.7 Å². The molecule has 5 heterocycles. The van der Waals surface area contributed by atoms with Gasteiger partial charge in [-0.2, -0.15) is 0 Å². The Morgan fingerprint density at radius 1 is 1.13 bits per heavy atom. The number of halogens is 1. The molecule has 2 aromatic heterocycles. The minimum atomic E-state index is -0.929. The smallest absolute Gasteiger partial charge is 0.257 e. The van der Waals surface area contributed by atoms with Crippen molar-refractivity contribution in [3.8, 4) is 11.6 Å². The fraction of sp³-hybridized carbons (Fsp3) is 0.500. The molecule has 0 saturated carbocycles. The van der Waals surface area contributed by atoms with Gasteiger partial charge in [-0.05, 0) is 73.9 Å². The van der Waals surface area contributed by atoms with E-state index in [1.54, 1.807) is 48.7 Å². The van der Waals surface area contributed by atoms with E-state index in [4.69, 9.17) is 9.47 Å². The third-order valence-corrected chi connectivity index (χ3v) is 9.09. The summed E-state index contributed by atoms with van der Waals surface area (Å²) in [4.78, 5) is 49.0. The second-order valence-electron chi connectivity index (χ2n) is 12.0. The quantitative estimate of drug-likeness (QED) is 0.427. The minimum Gasteiger partial charge on any atom is -0.477 e. The van der Waals surface area contributed by atoms with Crippen LogP contribution in [0.5, 0.6) is 5.88 Å². The van der Waals surface area contributed by atoms with Crippen LogP contribution in [0.25, 0.3) is 5.69 Å². The van der Waals surface area contributed by atoms with Crippen LogP contribution in [0.1, 0.15) is 48.2 Å². The minimum absolute atomic E-state index is 0.0254. The Bertz CT molecular complexity index is 1520. The van der Waals surface area contributed by atoms with Crippen LogP contribution >= 0.6 is 0 Å². The van der Waals surface area contributed by atoms with Crippen molar-refractivity contribution in [3.05, 3.63) is 65.9 Å². The van der Waals surface area contributed by atoms with Crippen LogP contribution in [0.15, 0.2) is 48.8 Å². The molecule has 0 aliphatic carbocycles. The van der Waals surface area contributed by atoms with Crippen molar-refractivity contribution in [3.63, 3.8) is 0 Å². The van der Waals surface area contributed by atoms with Gasteiger partial charge in [-0.15, -0.1) is 5.10 Å². The molecule has 0 spiro atoms. The number of nitrogens with zero attached hydrogens (tertiary/aromatic N) is 6. The molecule has 2 fully saturated rings. The van der Waals surface area contributed by atoms with Crippen molar-refractivity contribution in [2.45, 2.75) is 50.6 Å². The molecule has 1 aromatic carbocycles. The Hall–Kier alpha value is -4.39. The van der Waals surface area contributed by atoms with E-state index in [1.807, 2.05) is 4.90 Å². The van der Waals surface area contributed by atoms with Gasteiger partial charge in [0.2, 0.25) is 17.7 Å². The highest BCUT2D eigenvalue weighted by Crippen LogP contribution is 2.32. The number of amides is 3. The van der Waals surface area contributed by atoms with Crippen molar-refractivity contribution < 1.29 is 28.2 Å². The molecule has 0 radical (unpaired) electrons. The molecule has 2 saturated heterocycles. The topological polar surface area (TPSA) is 132 Å².